The molecule has 1 amide bonds. The van der Waals surface area contributed by atoms with Crippen LogP contribution in [0, 0.1) is 6.92 Å². The number of benzene rings is 1. The number of halogens is 1. The fourth-order valence-corrected chi connectivity index (χ4v) is 4.35. The zero-order chi connectivity index (χ0) is 19.5. The van der Waals surface area contributed by atoms with Gasteiger partial charge in [0.05, 0.1) is 22.0 Å². The first-order chi connectivity index (χ1) is 12.2. The van der Waals surface area contributed by atoms with Gasteiger partial charge in [-0.15, -0.1) is 0 Å². The number of hydrogen-bond donors (Lipinski definition) is 1. The number of aryl methyl sites for hydroxylation is 1. The second-order valence-corrected chi connectivity index (χ2v) is 8.28. The summed E-state index contributed by atoms with van der Waals surface area (Å²) in [6.45, 7) is 6.56. The number of carbonyl (C=O) groups is 1. The lowest BCUT2D eigenvalue weighted by Crippen LogP contribution is -2.31. The number of hydrogen-bond acceptors (Lipinski definition) is 3. The third kappa shape index (κ3) is 4.11. The minimum atomic E-state index is -3.65. The van der Waals surface area contributed by atoms with Gasteiger partial charge in [-0.3, -0.25) is 4.79 Å². The Hall–Kier alpha value is -1.83. The van der Waals surface area contributed by atoms with E-state index in [9.17, 15) is 13.2 Å². The number of aromatic nitrogens is 1. The van der Waals surface area contributed by atoms with Crippen LogP contribution in [0.25, 0.3) is 0 Å². The van der Waals surface area contributed by atoms with Crippen molar-refractivity contribution in [2.45, 2.75) is 32.2 Å². The predicted octanol–water partition coefficient (Wildman–Crippen LogP) is 2.95. The Morgan fingerprint density at radius 2 is 1.85 bits per heavy atom. The molecule has 26 heavy (non-hydrogen) atoms. The smallest absolute Gasteiger partial charge is 0.253 e. The summed E-state index contributed by atoms with van der Waals surface area (Å²) < 4.78 is 28.6. The van der Waals surface area contributed by atoms with Gasteiger partial charge in [-0.05, 0) is 37.3 Å². The molecule has 2 aromatic rings. The SMILES string of the molecule is CCN(CC)S(=O)(=O)c1ccc(Cl)c(C(=O)NCc2ccc(C)n2C)c1. The maximum absolute atomic E-state index is 12.7. The van der Waals surface area contributed by atoms with Crippen molar-refractivity contribution in [3.8, 4) is 0 Å². The fraction of sp³-hybridized carbons (Fsp3) is 0.389. The molecule has 1 aromatic carbocycles. The summed E-state index contributed by atoms with van der Waals surface area (Å²) in [7, 11) is -1.74. The molecule has 0 aliphatic rings. The molecule has 0 aliphatic carbocycles. The van der Waals surface area contributed by atoms with Crippen LogP contribution in [0.3, 0.4) is 0 Å². The van der Waals surface area contributed by atoms with Gasteiger partial charge in [0.1, 0.15) is 0 Å². The van der Waals surface area contributed by atoms with Crippen molar-refractivity contribution < 1.29 is 13.2 Å². The van der Waals surface area contributed by atoms with Gasteiger partial charge in [-0.2, -0.15) is 4.31 Å². The highest BCUT2D eigenvalue weighted by Crippen LogP contribution is 2.23. The Morgan fingerprint density at radius 3 is 2.38 bits per heavy atom. The number of nitrogens with zero attached hydrogens (tertiary/aromatic N) is 2. The monoisotopic (exact) mass is 397 g/mol. The van der Waals surface area contributed by atoms with E-state index in [2.05, 4.69) is 5.32 Å². The molecule has 0 aliphatic heterocycles. The molecule has 1 heterocycles. The average Bonchev–Trinajstić information content (AvgIpc) is 2.92. The zero-order valence-electron chi connectivity index (χ0n) is 15.4. The molecule has 0 radical (unpaired) electrons. The number of carbonyl (C=O) groups excluding carboxylic acids is 1. The second-order valence-electron chi connectivity index (χ2n) is 5.94. The molecule has 1 N–H and O–H groups in total. The van der Waals surface area contributed by atoms with Crippen LogP contribution in [-0.4, -0.2) is 36.3 Å². The minimum absolute atomic E-state index is 0.0606. The first kappa shape index (κ1) is 20.5. The van der Waals surface area contributed by atoms with Crippen LogP contribution >= 0.6 is 11.6 Å². The van der Waals surface area contributed by atoms with E-state index in [-0.39, 0.29) is 15.5 Å². The van der Waals surface area contributed by atoms with Crippen LogP contribution in [0.1, 0.15) is 35.6 Å². The molecule has 0 saturated heterocycles. The van der Waals surface area contributed by atoms with Crippen molar-refractivity contribution in [2.24, 2.45) is 7.05 Å². The van der Waals surface area contributed by atoms with Gasteiger partial charge in [-0.25, -0.2) is 8.42 Å². The maximum atomic E-state index is 12.7. The average molecular weight is 398 g/mol. The predicted molar refractivity (Wildman–Crippen MR) is 103 cm³/mol. The summed E-state index contributed by atoms with van der Waals surface area (Å²) in [4.78, 5) is 12.6. The summed E-state index contributed by atoms with van der Waals surface area (Å²) in [5, 5.41) is 3.01. The number of rotatable bonds is 7. The standard InChI is InChI=1S/C18H24ClN3O3S/c1-5-22(6-2)26(24,25)15-9-10-17(19)16(11-15)18(23)20-12-14-8-7-13(3)21(14)4/h7-11H,5-6,12H2,1-4H3,(H,20,23). The third-order valence-electron chi connectivity index (χ3n) is 4.43. The van der Waals surface area contributed by atoms with Gasteiger partial charge < -0.3 is 9.88 Å². The quantitative estimate of drug-likeness (QED) is 0.780. The van der Waals surface area contributed by atoms with Crippen molar-refractivity contribution >= 4 is 27.5 Å². The molecule has 0 spiro atoms. The van der Waals surface area contributed by atoms with Crippen LogP contribution in [0.5, 0.6) is 0 Å². The summed E-state index contributed by atoms with van der Waals surface area (Å²) >= 11 is 6.13. The molecular formula is C18H24ClN3O3S. The number of nitrogens with one attached hydrogen (secondary N) is 1. The minimum Gasteiger partial charge on any atom is -0.350 e. The van der Waals surface area contributed by atoms with E-state index in [1.54, 1.807) is 13.8 Å². The van der Waals surface area contributed by atoms with Crippen LogP contribution in [0.15, 0.2) is 35.2 Å². The lowest BCUT2D eigenvalue weighted by atomic mass is 10.2. The van der Waals surface area contributed by atoms with Crippen LogP contribution < -0.4 is 5.32 Å². The second kappa shape index (κ2) is 8.24. The van der Waals surface area contributed by atoms with Crippen LogP contribution in [0.4, 0.5) is 0 Å². The normalized spacial score (nSPS) is 11.8. The van der Waals surface area contributed by atoms with Crippen LogP contribution in [0.2, 0.25) is 5.02 Å². The molecule has 0 bridgehead atoms. The van der Waals surface area contributed by atoms with E-state index in [4.69, 9.17) is 11.6 Å². The van der Waals surface area contributed by atoms with E-state index in [1.807, 2.05) is 30.7 Å². The highest BCUT2D eigenvalue weighted by molar-refractivity contribution is 7.89. The summed E-state index contributed by atoms with van der Waals surface area (Å²) in [5.74, 6) is -0.412. The van der Waals surface area contributed by atoms with Crippen molar-refractivity contribution in [1.29, 1.82) is 0 Å². The Morgan fingerprint density at radius 1 is 1.19 bits per heavy atom. The molecule has 8 heteroatoms. The van der Waals surface area contributed by atoms with E-state index < -0.39 is 15.9 Å². The van der Waals surface area contributed by atoms with Gasteiger partial charge in [0, 0.05) is 31.5 Å². The molecule has 0 atom stereocenters. The highest BCUT2D eigenvalue weighted by atomic mass is 35.5. The number of amides is 1. The lowest BCUT2D eigenvalue weighted by molar-refractivity contribution is 0.0950. The first-order valence-electron chi connectivity index (χ1n) is 8.41. The first-order valence-corrected chi connectivity index (χ1v) is 10.2. The molecule has 0 fully saturated rings. The van der Waals surface area contributed by atoms with Crippen molar-refractivity contribution in [1.82, 2.24) is 14.2 Å². The Labute approximate surface area is 159 Å². The zero-order valence-corrected chi connectivity index (χ0v) is 17.0. The summed E-state index contributed by atoms with van der Waals surface area (Å²) in [6.07, 6.45) is 0. The van der Waals surface area contributed by atoms with Crippen molar-refractivity contribution in [3.05, 3.63) is 52.3 Å². The van der Waals surface area contributed by atoms with Crippen molar-refractivity contribution in [2.75, 3.05) is 13.1 Å². The van der Waals surface area contributed by atoms with Gasteiger partial charge in [0.15, 0.2) is 0 Å². The van der Waals surface area contributed by atoms with Gasteiger partial charge in [0.2, 0.25) is 10.0 Å². The number of sulfonamides is 1. The van der Waals surface area contributed by atoms with Gasteiger partial charge in [-0.1, -0.05) is 25.4 Å². The summed E-state index contributed by atoms with van der Waals surface area (Å²) in [5.41, 5.74) is 2.17. The molecule has 1 aromatic heterocycles. The Balaban J connectivity index is 2.26. The Kier molecular flexibility index (Phi) is 6.49. The van der Waals surface area contributed by atoms with Crippen molar-refractivity contribution in [3.63, 3.8) is 0 Å². The Bertz CT molecular complexity index is 902. The van der Waals surface area contributed by atoms with E-state index in [0.717, 1.165) is 11.4 Å². The topological polar surface area (TPSA) is 71.4 Å². The van der Waals surface area contributed by atoms with E-state index >= 15 is 0 Å². The fourth-order valence-electron chi connectivity index (χ4n) is 2.66. The molecule has 0 unspecified atom stereocenters. The molecule has 0 saturated carbocycles. The van der Waals surface area contributed by atoms with Gasteiger partial charge >= 0.3 is 0 Å². The largest absolute Gasteiger partial charge is 0.350 e. The molecular weight excluding hydrogens is 374 g/mol. The summed E-state index contributed by atoms with van der Waals surface area (Å²) in [6, 6.07) is 8.10. The van der Waals surface area contributed by atoms with E-state index in [1.165, 1.54) is 22.5 Å². The van der Waals surface area contributed by atoms with Gasteiger partial charge in [0.25, 0.3) is 5.91 Å². The molecule has 6 nitrogen and oxygen atoms in total. The third-order valence-corrected chi connectivity index (χ3v) is 6.81. The van der Waals surface area contributed by atoms with Crippen LogP contribution in [-0.2, 0) is 23.6 Å². The highest BCUT2D eigenvalue weighted by Gasteiger charge is 2.23. The molecule has 2 rings (SSSR count). The molecule has 142 valence electrons. The maximum Gasteiger partial charge on any atom is 0.253 e. The lowest BCUT2D eigenvalue weighted by Gasteiger charge is -2.19. The van der Waals surface area contributed by atoms with E-state index in [0.29, 0.717) is 19.6 Å².